The van der Waals surface area contributed by atoms with Gasteiger partial charge in [-0.25, -0.2) is 13.2 Å². The van der Waals surface area contributed by atoms with Crippen LogP contribution in [0.4, 0.5) is 4.79 Å². The third-order valence-electron chi connectivity index (χ3n) is 9.36. The van der Waals surface area contributed by atoms with Crippen molar-refractivity contribution in [2.75, 3.05) is 59.9 Å². The summed E-state index contributed by atoms with van der Waals surface area (Å²) in [6.45, 7) is 4.06. The highest BCUT2D eigenvalue weighted by Gasteiger charge is 2.44. The SMILES string of the molecule is COCC(=O)NCC(=O)NCCCC(C)(C)CN(C[C@@H](O)[C@H](Cc1ccccc1)NC(=O)O[C@H]1CO[C@H]2OCC[C@H]21)S(=O)(=O)c1ccc2c(c1)OCO2. The van der Waals surface area contributed by atoms with E-state index in [9.17, 15) is 27.9 Å². The minimum Gasteiger partial charge on any atom is -0.454 e. The minimum atomic E-state index is -4.24. The monoisotopic (exact) mass is 762 g/mol. The number of nitrogens with zero attached hydrogens (tertiary/aromatic N) is 1. The summed E-state index contributed by atoms with van der Waals surface area (Å²) < 4.78 is 62.4. The molecule has 0 bridgehead atoms. The molecule has 0 spiro atoms. The molecule has 16 nitrogen and oxygen atoms in total. The van der Waals surface area contributed by atoms with Gasteiger partial charge in [0, 0.05) is 32.8 Å². The molecule has 4 N–H and O–H groups in total. The summed E-state index contributed by atoms with van der Waals surface area (Å²) in [7, 11) is -2.85. The number of methoxy groups -OCH3 is 1. The number of hydrogen-bond acceptors (Lipinski definition) is 12. The Kier molecular flexibility index (Phi) is 13.9. The third-order valence-corrected chi connectivity index (χ3v) is 11.2. The summed E-state index contributed by atoms with van der Waals surface area (Å²) in [5.74, 6) is -0.150. The lowest BCUT2D eigenvalue weighted by molar-refractivity contribution is -0.128. The van der Waals surface area contributed by atoms with E-state index in [4.69, 9.17) is 28.4 Å². The van der Waals surface area contributed by atoms with Gasteiger partial charge in [-0.15, -0.1) is 0 Å². The lowest BCUT2D eigenvalue weighted by atomic mass is 9.87. The largest absolute Gasteiger partial charge is 0.454 e. The fourth-order valence-electron chi connectivity index (χ4n) is 6.57. The zero-order valence-electron chi connectivity index (χ0n) is 30.3. The van der Waals surface area contributed by atoms with Crippen LogP contribution in [0.5, 0.6) is 11.5 Å². The number of amides is 3. The fraction of sp³-hybridized carbons (Fsp3) is 0.583. The number of sulfonamides is 1. The van der Waals surface area contributed by atoms with Gasteiger partial charge in [0.2, 0.25) is 28.6 Å². The second kappa shape index (κ2) is 18.4. The number of carbonyl (C=O) groups excluding carboxylic acids is 3. The van der Waals surface area contributed by atoms with Crippen LogP contribution in [0.15, 0.2) is 53.4 Å². The number of alkyl carbamates (subject to hydrolysis) is 1. The van der Waals surface area contributed by atoms with E-state index in [1.165, 1.54) is 29.6 Å². The molecule has 17 heteroatoms. The van der Waals surface area contributed by atoms with Crippen LogP contribution in [0.2, 0.25) is 0 Å². The van der Waals surface area contributed by atoms with Crippen molar-refractivity contribution in [2.45, 2.75) is 69.0 Å². The highest BCUT2D eigenvalue weighted by atomic mass is 32.2. The van der Waals surface area contributed by atoms with Crippen molar-refractivity contribution in [1.82, 2.24) is 20.3 Å². The first-order valence-corrected chi connectivity index (χ1v) is 19.1. The molecule has 2 aromatic rings. The van der Waals surface area contributed by atoms with E-state index in [1.807, 2.05) is 44.2 Å². The topological polar surface area (TPSA) is 200 Å². The molecule has 5 atom stereocenters. The van der Waals surface area contributed by atoms with Gasteiger partial charge in [0.25, 0.3) is 0 Å². The summed E-state index contributed by atoms with van der Waals surface area (Å²) >= 11 is 0. The normalized spacial score (nSPS) is 20.4. The third kappa shape index (κ3) is 11.3. The van der Waals surface area contributed by atoms with Crippen molar-refractivity contribution in [3.8, 4) is 11.5 Å². The first-order valence-electron chi connectivity index (χ1n) is 17.7. The zero-order chi connectivity index (χ0) is 38.0. The van der Waals surface area contributed by atoms with Crippen LogP contribution in [-0.2, 0) is 45.0 Å². The highest BCUT2D eigenvalue weighted by molar-refractivity contribution is 7.89. The number of fused-ring (bicyclic) bond motifs is 2. The Morgan fingerprint density at radius 1 is 1.04 bits per heavy atom. The molecule has 2 aromatic carbocycles. The Balaban J connectivity index is 1.29. The fourth-order valence-corrected chi connectivity index (χ4v) is 8.23. The maximum absolute atomic E-state index is 14.4. The Labute approximate surface area is 309 Å². The zero-order valence-corrected chi connectivity index (χ0v) is 31.1. The van der Waals surface area contributed by atoms with Crippen LogP contribution in [0.3, 0.4) is 0 Å². The number of benzene rings is 2. The number of hydrogen-bond donors (Lipinski definition) is 4. The van der Waals surface area contributed by atoms with E-state index in [2.05, 4.69) is 16.0 Å². The Morgan fingerprint density at radius 3 is 2.58 bits per heavy atom. The predicted molar refractivity (Wildman–Crippen MR) is 189 cm³/mol. The van der Waals surface area contributed by atoms with Gasteiger partial charge >= 0.3 is 6.09 Å². The van der Waals surface area contributed by atoms with Crippen LogP contribution >= 0.6 is 0 Å². The maximum atomic E-state index is 14.4. The van der Waals surface area contributed by atoms with Gasteiger partial charge < -0.3 is 49.5 Å². The minimum absolute atomic E-state index is 0.00710. The number of nitrogens with one attached hydrogen (secondary N) is 3. The van der Waals surface area contributed by atoms with Crippen molar-refractivity contribution in [1.29, 1.82) is 0 Å². The quantitative estimate of drug-likeness (QED) is 0.151. The Bertz CT molecular complexity index is 1660. The van der Waals surface area contributed by atoms with Crippen molar-refractivity contribution >= 4 is 27.9 Å². The van der Waals surface area contributed by atoms with Gasteiger partial charge in [-0.2, -0.15) is 4.31 Å². The van der Waals surface area contributed by atoms with Crippen molar-refractivity contribution in [3.63, 3.8) is 0 Å². The average Bonchev–Trinajstić information content (AvgIpc) is 3.88. The van der Waals surface area contributed by atoms with E-state index in [-0.39, 0.29) is 68.5 Å². The predicted octanol–water partition coefficient (Wildman–Crippen LogP) is 1.55. The van der Waals surface area contributed by atoms with Gasteiger partial charge in [0.15, 0.2) is 17.8 Å². The van der Waals surface area contributed by atoms with Crippen molar-refractivity contribution in [3.05, 3.63) is 54.1 Å². The smallest absolute Gasteiger partial charge is 0.407 e. The molecule has 2 saturated heterocycles. The molecule has 0 radical (unpaired) electrons. The van der Waals surface area contributed by atoms with E-state index in [1.54, 1.807) is 0 Å². The number of rotatable bonds is 19. The van der Waals surface area contributed by atoms with Crippen molar-refractivity contribution < 1.29 is 56.3 Å². The lowest BCUT2D eigenvalue weighted by Crippen LogP contribution is -2.52. The highest BCUT2D eigenvalue weighted by Crippen LogP contribution is 2.36. The molecule has 0 unspecified atom stereocenters. The van der Waals surface area contributed by atoms with Gasteiger partial charge in [-0.1, -0.05) is 44.2 Å². The summed E-state index contributed by atoms with van der Waals surface area (Å²) in [6, 6.07) is 12.7. The van der Waals surface area contributed by atoms with Crippen LogP contribution in [-0.4, -0.2) is 120 Å². The van der Waals surface area contributed by atoms with Gasteiger partial charge in [0.05, 0.1) is 42.7 Å². The summed E-state index contributed by atoms with van der Waals surface area (Å²) in [5, 5.41) is 19.8. The maximum Gasteiger partial charge on any atom is 0.407 e. The van der Waals surface area contributed by atoms with E-state index < -0.39 is 52.0 Å². The van der Waals surface area contributed by atoms with Crippen molar-refractivity contribution in [2.24, 2.45) is 11.3 Å². The lowest BCUT2D eigenvalue weighted by Gasteiger charge is -2.35. The van der Waals surface area contributed by atoms with E-state index in [0.717, 1.165) is 5.56 Å². The van der Waals surface area contributed by atoms with E-state index >= 15 is 0 Å². The van der Waals surface area contributed by atoms with Crippen LogP contribution in [0, 0.1) is 11.3 Å². The number of carbonyl (C=O) groups is 3. The summed E-state index contributed by atoms with van der Waals surface area (Å²) in [5.41, 5.74) is 0.181. The first-order chi connectivity index (χ1) is 25.3. The molecule has 3 aliphatic rings. The molecular weight excluding hydrogens is 712 g/mol. The van der Waals surface area contributed by atoms with E-state index in [0.29, 0.717) is 38.2 Å². The van der Waals surface area contributed by atoms with Crippen LogP contribution < -0.4 is 25.4 Å². The Morgan fingerprint density at radius 2 is 1.81 bits per heavy atom. The summed E-state index contributed by atoms with van der Waals surface area (Å²) in [6.07, 6.45) is -1.15. The van der Waals surface area contributed by atoms with Gasteiger partial charge in [0.1, 0.15) is 12.7 Å². The molecule has 0 saturated carbocycles. The van der Waals surface area contributed by atoms with Gasteiger partial charge in [-0.3, -0.25) is 9.59 Å². The molecule has 292 valence electrons. The molecule has 3 heterocycles. The van der Waals surface area contributed by atoms with Crippen LogP contribution in [0.25, 0.3) is 0 Å². The molecule has 53 heavy (non-hydrogen) atoms. The standard InChI is InChI=1S/C36H50N4O12S/c1-36(2,13-7-14-37-32(42)18-38-33(43)21-47-3)22-40(53(45,46)25-10-11-29-30(17-25)51-23-50-29)19-28(41)27(16-24-8-5-4-6-9-24)39-35(44)52-31-20-49-34-26(31)12-15-48-34/h4-6,8-11,17,26-28,31,34,41H,7,12-16,18-23H2,1-3H3,(H,37,42)(H,38,43)(H,39,44)/t26-,27-,28+,31-,34+/m0/s1. The molecule has 0 aliphatic carbocycles. The Hall–Kier alpha value is -4.00. The molecule has 3 amide bonds. The second-order valence-corrected chi connectivity index (χ2v) is 16.1. The average molecular weight is 763 g/mol. The molecule has 3 aliphatic heterocycles. The molecule has 0 aromatic heterocycles. The number of ether oxygens (including phenoxy) is 6. The number of aliphatic hydroxyl groups is 1. The molecular formula is C36H50N4O12S. The molecule has 5 rings (SSSR count). The van der Waals surface area contributed by atoms with Gasteiger partial charge in [-0.05, 0) is 48.8 Å². The van der Waals surface area contributed by atoms with Crippen LogP contribution in [0.1, 0.15) is 38.7 Å². The number of aliphatic hydroxyl groups excluding tert-OH is 1. The molecule has 2 fully saturated rings. The second-order valence-electron chi connectivity index (χ2n) is 14.1. The first kappa shape index (κ1) is 40.2. The summed E-state index contributed by atoms with van der Waals surface area (Å²) in [4.78, 5) is 37.0.